The van der Waals surface area contributed by atoms with Crippen molar-refractivity contribution in [3.8, 4) is 0 Å². The highest BCUT2D eigenvalue weighted by atomic mass is 32.2. The van der Waals surface area contributed by atoms with E-state index in [0.717, 1.165) is 39.1 Å². The lowest BCUT2D eigenvalue weighted by atomic mass is 10.1. The summed E-state index contributed by atoms with van der Waals surface area (Å²) in [6.07, 6.45) is -0.636. The number of carboxylic acid groups (broad SMARTS) is 1. The van der Waals surface area contributed by atoms with E-state index in [0.29, 0.717) is 30.1 Å². The summed E-state index contributed by atoms with van der Waals surface area (Å²) in [6.45, 7) is 7.90. The third-order valence-corrected chi connectivity index (χ3v) is 8.07. The van der Waals surface area contributed by atoms with Gasteiger partial charge in [0.2, 0.25) is 15.9 Å². The van der Waals surface area contributed by atoms with Crippen molar-refractivity contribution in [3.05, 3.63) is 29.8 Å². The SMILES string of the molecule is Cc1ccccc1S(=O)(=O)N(CCCN1CCCCC1)CC(=O)N1CCNCC1.O=C(O)C(F)(F)F. The molecule has 0 radical (unpaired) electrons. The van der Waals surface area contributed by atoms with Crippen molar-refractivity contribution in [2.75, 3.05) is 58.9 Å². The molecule has 9 nitrogen and oxygen atoms in total. The van der Waals surface area contributed by atoms with Crippen molar-refractivity contribution < 1.29 is 36.3 Å². The average molecular weight is 537 g/mol. The van der Waals surface area contributed by atoms with Gasteiger partial charge in [-0.2, -0.15) is 17.5 Å². The number of nitrogens with zero attached hydrogens (tertiary/aromatic N) is 3. The van der Waals surface area contributed by atoms with Gasteiger partial charge in [0.25, 0.3) is 0 Å². The van der Waals surface area contributed by atoms with Gasteiger partial charge in [-0.1, -0.05) is 24.6 Å². The Labute approximate surface area is 210 Å². The highest BCUT2D eigenvalue weighted by Gasteiger charge is 2.38. The second-order valence-electron chi connectivity index (χ2n) is 8.79. The van der Waals surface area contributed by atoms with Gasteiger partial charge in [-0.05, 0) is 57.5 Å². The Kier molecular flexibility index (Phi) is 11.6. The molecule has 2 heterocycles. The third-order valence-electron chi connectivity index (χ3n) is 6.07. The molecular weight excluding hydrogens is 501 g/mol. The predicted octanol–water partition coefficient (Wildman–Crippen LogP) is 1.93. The Morgan fingerprint density at radius 2 is 1.64 bits per heavy atom. The van der Waals surface area contributed by atoms with Crippen molar-refractivity contribution in [1.29, 1.82) is 0 Å². The number of halogens is 3. The topological polar surface area (TPSA) is 110 Å². The van der Waals surface area contributed by atoms with E-state index in [1.54, 1.807) is 30.0 Å². The summed E-state index contributed by atoms with van der Waals surface area (Å²) in [5.74, 6) is -2.87. The summed E-state index contributed by atoms with van der Waals surface area (Å²) < 4.78 is 59.9. The number of carboxylic acids is 1. The Bertz CT molecular complexity index is 963. The van der Waals surface area contributed by atoms with Gasteiger partial charge in [0, 0.05) is 32.7 Å². The van der Waals surface area contributed by atoms with Gasteiger partial charge >= 0.3 is 12.1 Å². The molecule has 13 heteroatoms. The molecule has 0 unspecified atom stereocenters. The van der Waals surface area contributed by atoms with E-state index in [1.165, 1.54) is 23.6 Å². The van der Waals surface area contributed by atoms with Crippen LogP contribution in [0.15, 0.2) is 29.2 Å². The first kappa shape index (κ1) is 30.0. The van der Waals surface area contributed by atoms with Crippen LogP contribution >= 0.6 is 0 Å². The highest BCUT2D eigenvalue weighted by molar-refractivity contribution is 7.89. The fourth-order valence-electron chi connectivity index (χ4n) is 4.09. The minimum absolute atomic E-state index is 0.0866. The van der Waals surface area contributed by atoms with E-state index >= 15 is 0 Å². The lowest BCUT2D eigenvalue weighted by Gasteiger charge is -2.31. The standard InChI is InChI=1S/C21H34N4O3S.C2HF3O2/c1-19-8-3-4-9-20(19)29(27,28)25(15-7-14-23-12-5-2-6-13-23)18-21(26)24-16-10-22-11-17-24;3-2(4,5)1(6)7/h3-4,8-9,22H,2,5-7,10-18H2,1H3;(H,6,7). The number of aryl methyl sites for hydroxylation is 1. The largest absolute Gasteiger partial charge is 0.490 e. The van der Waals surface area contributed by atoms with Crippen LogP contribution in [-0.4, -0.2) is 105 Å². The molecule has 36 heavy (non-hydrogen) atoms. The van der Waals surface area contributed by atoms with Crippen LogP contribution in [0.1, 0.15) is 31.2 Å². The molecule has 204 valence electrons. The van der Waals surface area contributed by atoms with Crippen molar-refractivity contribution in [3.63, 3.8) is 0 Å². The number of carbonyl (C=O) groups excluding carboxylic acids is 1. The second-order valence-corrected chi connectivity index (χ2v) is 10.7. The molecule has 0 saturated carbocycles. The van der Waals surface area contributed by atoms with E-state index in [4.69, 9.17) is 9.90 Å². The van der Waals surface area contributed by atoms with E-state index in [1.807, 2.05) is 6.07 Å². The molecule has 0 atom stereocenters. The molecule has 0 aliphatic carbocycles. The average Bonchev–Trinajstić information content (AvgIpc) is 2.84. The summed E-state index contributed by atoms with van der Waals surface area (Å²) in [7, 11) is -3.72. The Morgan fingerprint density at radius 1 is 1.06 bits per heavy atom. The number of alkyl halides is 3. The summed E-state index contributed by atoms with van der Waals surface area (Å²) in [6, 6.07) is 7.01. The number of piperidine rings is 1. The monoisotopic (exact) mass is 536 g/mol. The van der Waals surface area contributed by atoms with E-state index in [9.17, 15) is 26.4 Å². The minimum atomic E-state index is -5.08. The van der Waals surface area contributed by atoms with E-state index in [2.05, 4.69) is 10.2 Å². The number of carbonyl (C=O) groups is 2. The summed E-state index contributed by atoms with van der Waals surface area (Å²) in [4.78, 5) is 26.2. The number of hydrogen-bond acceptors (Lipinski definition) is 6. The molecule has 2 aliphatic heterocycles. The van der Waals surface area contributed by atoms with Crippen molar-refractivity contribution in [1.82, 2.24) is 19.4 Å². The number of aliphatic carboxylic acids is 1. The van der Waals surface area contributed by atoms with Crippen LogP contribution < -0.4 is 5.32 Å². The molecule has 0 spiro atoms. The summed E-state index contributed by atoms with van der Waals surface area (Å²) >= 11 is 0. The number of nitrogens with one attached hydrogen (secondary N) is 1. The molecule has 0 aromatic heterocycles. The zero-order valence-corrected chi connectivity index (χ0v) is 21.3. The van der Waals surface area contributed by atoms with Crippen LogP contribution in [0.4, 0.5) is 13.2 Å². The maximum Gasteiger partial charge on any atom is 0.490 e. The molecule has 2 saturated heterocycles. The zero-order valence-electron chi connectivity index (χ0n) is 20.5. The fourth-order valence-corrected chi connectivity index (χ4v) is 5.74. The van der Waals surface area contributed by atoms with Gasteiger partial charge in [0.05, 0.1) is 11.4 Å². The predicted molar refractivity (Wildman–Crippen MR) is 128 cm³/mol. The number of hydrogen-bond donors (Lipinski definition) is 2. The van der Waals surface area contributed by atoms with Crippen molar-refractivity contribution >= 4 is 21.9 Å². The van der Waals surface area contributed by atoms with Crippen LogP contribution in [0.3, 0.4) is 0 Å². The molecule has 1 amide bonds. The number of benzene rings is 1. The third kappa shape index (κ3) is 9.34. The summed E-state index contributed by atoms with van der Waals surface area (Å²) in [5.41, 5.74) is 0.711. The number of rotatable bonds is 8. The highest BCUT2D eigenvalue weighted by Crippen LogP contribution is 2.20. The maximum atomic E-state index is 13.4. The number of amides is 1. The van der Waals surface area contributed by atoms with Crippen molar-refractivity contribution in [2.45, 2.75) is 43.7 Å². The fraction of sp³-hybridized carbons (Fsp3) is 0.652. The minimum Gasteiger partial charge on any atom is -0.475 e. The quantitative estimate of drug-likeness (QED) is 0.523. The van der Waals surface area contributed by atoms with E-state index < -0.39 is 22.2 Å². The molecule has 0 bridgehead atoms. The van der Waals surface area contributed by atoms with Gasteiger partial charge in [-0.3, -0.25) is 4.79 Å². The van der Waals surface area contributed by atoms with Crippen LogP contribution in [0, 0.1) is 6.92 Å². The van der Waals surface area contributed by atoms with Gasteiger partial charge in [-0.25, -0.2) is 13.2 Å². The second kappa shape index (κ2) is 13.9. The lowest BCUT2D eigenvalue weighted by molar-refractivity contribution is -0.192. The number of piperazine rings is 1. The molecule has 1 aromatic carbocycles. The molecule has 2 fully saturated rings. The first-order valence-corrected chi connectivity index (χ1v) is 13.4. The number of sulfonamides is 1. The smallest absolute Gasteiger partial charge is 0.475 e. The molecule has 3 rings (SSSR count). The Balaban J connectivity index is 0.000000572. The molecular formula is C23H35F3N4O5S. The first-order valence-electron chi connectivity index (χ1n) is 12.0. The summed E-state index contributed by atoms with van der Waals surface area (Å²) in [5, 5.41) is 10.4. The van der Waals surface area contributed by atoms with Gasteiger partial charge in [-0.15, -0.1) is 0 Å². The van der Waals surface area contributed by atoms with Crippen LogP contribution in [0.5, 0.6) is 0 Å². The van der Waals surface area contributed by atoms with Crippen molar-refractivity contribution in [2.24, 2.45) is 0 Å². The van der Waals surface area contributed by atoms with Crippen LogP contribution in [0.25, 0.3) is 0 Å². The molecule has 1 aromatic rings. The zero-order chi connectivity index (χ0) is 26.8. The Morgan fingerprint density at radius 3 is 2.19 bits per heavy atom. The maximum absolute atomic E-state index is 13.4. The number of likely N-dealkylation sites (tertiary alicyclic amines) is 1. The molecule has 2 aliphatic rings. The van der Waals surface area contributed by atoms with Gasteiger partial charge in [0.15, 0.2) is 0 Å². The molecule has 2 N–H and O–H groups in total. The Hall–Kier alpha value is -2.22. The van der Waals surface area contributed by atoms with Gasteiger partial charge < -0.3 is 20.2 Å². The van der Waals surface area contributed by atoms with Crippen LogP contribution in [0.2, 0.25) is 0 Å². The van der Waals surface area contributed by atoms with Crippen LogP contribution in [-0.2, 0) is 19.6 Å². The normalized spacial score (nSPS) is 17.4. The first-order chi connectivity index (χ1) is 16.9. The van der Waals surface area contributed by atoms with E-state index in [-0.39, 0.29) is 12.5 Å². The van der Waals surface area contributed by atoms with Gasteiger partial charge in [0.1, 0.15) is 0 Å². The lowest BCUT2D eigenvalue weighted by Crippen LogP contribution is -2.50.